The zero-order valence-corrected chi connectivity index (χ0v) is 10.5. The molecule has 1 aliphatic rings. The lowest BCUT2D eigenvalue weighted by Gasteiger charge is -2.30. The number of carbonyl (C=O) groups is 1. The van der Waals surface area contributed by atoms with Crippen LogP contribution in [0.5, 0.6) is 0 Å². The summed E-state index contributed by atoms with van der Waals surface area (Å²) in [7, 11) is 0. The van der Waals surface area contributed by atoms with Gasteiger partial charge in [0.25, 0.3) is 0 Å². The largest absolute Gasteiger partial charge is 0.360 e. The summed E-state index contributed by atoms with van der Waals surface area (Å²) in [4.78, 5) is 13.3. The molecule has 1 saturated heterocycles. The van der Waals surface area contributed by atoms with Gasteiger partial charge >= 0.3 is 0 Å². The number of hydrogen-bond donors (Lipinski definition) is 2. The number of benzene rings is 1. The molecule has 0 aromatic heterocycles. The van der Waals surface area contributed by atoms with Crippen molar-refractivity contribution in [1.82, 2.24) is 10.6 Å². The van der Waals surface area contributed by atoms with E-state index in [0.29, 0.717) is 31.7 Å². The van der Waals surface area contributed by atoms with Crippen LogP contribution in [0.25, 0.3) is 0 Å². The highest BCUT2D eigenvalue weighted by atomic mass is 19.1. The number of carbonyl (C=O) groups excluding carboxylic acids is 1. The molecule has 5 heteroatoms. The first-order chi connectivity index (χ1) is 8.72. The first-order valence-corrected chi connectivity index (χ1v) is 6.22. The second-order valence-corrected chi connectivity index (χ2v) is 4.29. The van der Waals surface area contributed by atoms with Crippen LogP contribution in [-0.2, 0) is 11.3 Å². The first kappa shape index (κ1) is 12.8. The standard InChI is InChI=1S/C13H18FN3O/c1-2-15-8-10-11(14)4-3-5-12(10)17-7-6-16-13(18)9-17/h3-5,15H,2,6-9H2,1H3,(H,16,18). The van der Waals surface area contributed by atoms with Crippen molar-refractivity contribution in [2.75, 3.05) is 31.1 Å². The summed E-state index contributed by atoms with van der Waals surface area (Å²) in [6.45, 7) is 4.87. The Hall–Kier alpha value is -1.62. The lowest BCUT2D eigenvalue weighted by Crippen LogP contribution is -2.48. The van der Waals surface area contributed by atoms with E-state index in [0.717, 1.165) is 12.2 Å². The number of nitrogens with one attached hydrogen (secondary N) is 2. The van der Waals surface area contributed by atoms with E-state index < -0.39 is 0 Å². The zero-order chi connectivity index (χ0) is 13.0. The van der Waals surface area contributed by atoms with Gasteiger partial charge in [0.15, 0.2) is 0 Å². The molecule has 0 radical (unpaired) electrons. The Morgan fingerprint density at radius 1 is 1.50 bits per heavy atom. The molecular formula is C13H18FN3O. The van der Waals surface area contributed by atoms with E-state index in [1.54, 1.807) is 6.07 Å². The van der Waals surface area contributed by atoms with E-state index in [-0.39, 0.29) is 11.7 Å². The molecule has 18 heavy (non-hydrogen) atoms. The summed E-state index contributed by atoms with van der Waals surface area (Å²) >= 11 is 0. The smallest absolute Gasteiger partial charge is 0.239 e. The third kappa shape index (κ3) is 2.79. The van der Waals surface area contributed by atoms with Crippen LogP contribution in [0.1, 0.15) is 12.5 Å². The van der Waals surface area contributed by atoms with Crippen LogP contribution in [0.2, 0.25) is 0 Å². The number of piperazine rings is 1. The van der Waals surface area contributed by atoms with Crippen molar-refractivity contribution in [1.29, 1.82) is 0 Å². The fourth-order valence-corrected chi connectivity index (χ4v) is 2.11. The van der Waals surface area contributed by atoms with E-state index in [9.17, 15) is 9.18 Å². The van der Waals surface area contributed by atoms with Crippen molar-refractivity contribution in [2.45, 2.75) is 13.5 Å². The number of halogens is 1. The Morgan fingerprint density at radius 2 is 2.33 bits per heavy atom. The molecule has 0 aliphatic carbocycles. The minimum absolute atomic E-state index is 0.0140. The second-order valence-electron chi connectivity index (χ2n) is 4.29. The van der Waals surface area contributed by atoms with Gasteiger partial charge in [-0.05, 0) is 18.7 Å². The lowest BCUT2D eigenvalue weighted by molar-refractivity contribution is -0.120. The molecule has 98 valence electrons. The van der Waals surface area contributed by atoms with Crippen LogP contribution in [-0.4, -0.2) is 32.1 Å². The topological polar surface area (TPSA) is 44.4 Å². The van der Waals surface area contributed by atoms with Gasteiger partial charge in [0.1, 0.15) is 5.82 Å². The van der Waals surface area contributed by atoms with E-state index in [1.807, 2.05) is 17.9 Å². The van der Waals surface area contributed by atoms with Gasteiger partial charge in [-0.1, -0.05) is 13.0 Å². The van der Waals surface area contributed by atoms with Gasteiger partial charge in [-0.3, -0.25) is 4.79 Å². The molecule has 1 amide bonds. The van der Waals surface area contributed by atoms with Crippen molar-refractivity contribution >= 4 is 11.6 Å². The fraction of sp³-hybridized carbons (Fsp3) is 0.462. The van der Waals surface area contributed by atoms with Crippen molar-refractivity contribution in [2.24, 2.45) is 0 Å². The molecular weight excluding hydrogens is 233 g/mol. The normalized spacial score (nSPS) is 15.7. The molecule has 0 atom stereocenters. The maximum atomic E-state index is 13.9. The van der Waals surface area contributed by atoms with Gasteiger partial charge in [-0.2, -0.15) is 0 Å². The molecule has 1 heterocycles. The maximum Gasteiger partial charge on any atom is 0.239 e. The molecule has 2 rings (SSSR count). The first-order valence-electron chi connectivity index (χ1n) is 6.22. The Morgan fingerprint density at radius 3 is 3.06 bits per heavy atom. The van der Waals surface area contributed by atoms with E-state index in [1.165, 1.54) is 6.07 Å². The number of anilines is 1. The van der Waals surface area contributed by atoms with Crippen LogP contribution in [0.4, 0.5) is 10.1 Å². The van der Waals surface area contributed by atoms with E-state index >= 15 is 0 Å². The summed E-state index contributed by atoms with van der Waals surface area (Å²) in [6, 6.07) is 5.02. The van der Waals surface area contributed by atoms with Crippen molar-refractivity contribution in [3.63, 3.8) is 0 Å². The summed E-state index contributed by atoms with van der Waals surface area (Å²) < 4.78 is 13.9. The molecule has 0 saturated carbocycles. The highest BCUT2D eigenvalue weighted by Crippen LogP contribution is 2.23. The third-order valence-electron chi connectivity index (χ3n) is 3.02. The SMILES string of the molecule is CCNCc1c(F)cccc1N1CCNC(=O)C1. The number of amides is 1. The Kier molecular flexibility index (Phi) is 4.15. The molecule has 0 unspecified atom stereocenters. The molecule has 1 aromatic rings. The van der Waals surface area contributed by atoms with Crippen molar-refractivity contribution < 1.29 is 9.18 Å². The summed E-state index contributed by atoms with van der Waals surface area (Å²) in [5.41, 5.74) is 1.44. The van der Waals surface area contributed by atoms with Crippen LogP contribution in [0.3, 0.4) is 0 Å². The molecule has 0 spiro atoms. The van der Waals surface area contributed by atoms with Crippen LogP contribution in [0.15, 0.2) is 18.2 Å². The maximum absolute atomic E-state index is 13.9. The summed E-state index contributed by atoms with van der Waals surface area (Å²) in [6.07, 6.45) is 0. The van der Waals surface area contributed by atoms with Crippen molar-refractivity contribution in [3.8, 4) is 0 Å². The van der Waals surface area contributed by atoms with Gasteiger partial charge in [0, 0.05) is 30.9 Å². The molecule has 1 fully saturated rings. The number of rotatable bonds is 4. The predicted octanol–water partition coefficient (Wildman–Crippen LogP) is 0.871. The predicted molar refractivity (Wildman–Crippen MR) is 69.0 cm³/mol. The highest BCUT2D eigenvalue weighted by molar-refractivity contribution is 5.83. The van der Waals surface area contributed by atoms with Gasteiger partial charge in [-0.25, -0.2) is 4.39 Å². The van der Waals surface area contributed by atoms with E-state index in [4.69, 9.17) is 0 Å². The van der Waals surface area contributed by atoms with Crippen LogP contribution < -0.4 is 15.5 Å². The fourth-order valence-electron chi connectivity index (χ4n) is 2.11. The molecule has 4 nitrogen and oxygen atoms in total. The molecule has 1 aliphatic heterocycles. The zero-order valence-electron chi connectivity index (χ0n) is 10.5. The lowest BCUT2D eigenvalue weighted by atomic mass is 10.1. The van der Waals surface area contributed by atoms with Gasteiger partial charge in [0.05, 0.1) is 6.54 Å². The van der Waals surface area contributed by atoms with E-state index in [2.05, 4.69) is 10.6 Å². The monoisotopic (exact) mass is 251 g/mol. The van der Waals surface area contributed by atoms with Crippen molar-refractivity contribution in [3.05, 3.63) is 29.6 Å². The molecule has 0 bridgehead atoms. The summed E-state index contributed by atoms with van der Waals surface area (Å²) in [5, 5.41) is 5.90. The molecule has 1 aromatic carbocycles. The Labute approximate surface area is 106 Å². The summed E-state index contributed by atoms with van der Waals surface area (Å²) in [5.74, 6) is -0.237. The van der Waals surface area contributed by atoms with Gasteiger partial charge < -0.3 is 15.5 Å². The Balaban J connectivity index is 2.25. The average molecular weight is 251 g/mol. The minimum Gasteiger partial charge on any atom is -0.360 e. The van der Waals surface area contributed by atoms with Crippen LogP contribution in [0, 0.1) is 5.82 Å². The molecule has 2 N–H and O–H groups in total. The highest BCUT2D eigenvalue weighted by Gasteiger charge is 2.20. The van der Waals surface area contributed by atoms with Gasteiger partial charge in [-0.15, -0.1) is 0 Å². The third-order valence-corrected chi connectivity index (χ3v) is 3.02. The average Bonchev–Trinajstić information content (AvgIpc) is 2.37. The van der Waals surface area contributed by atoms with Gasteiger partial charge in [0.2, 0.25) is 5.91 Å². The Bertz CT molecular complexity index is 436. The second kappa shape index (κ2) is 5.82. The number of nitrogens with zero attached hydrogens (tertiary/aromatic N) is 1. The quantitative estimate of drug-likeness (QED) is 0.834. The number of hydrogen-bond acceptors (Lipinski definition) is 3. The minimum atomic E-state index is -0.223. The van der Waals surface area contributed by atoms with Crippen LogP contribution >= 0.6 is 0 Å².